The molecule has 0 heterocycles. The van der Waals surface area contributed by atoms with Crippen LogP contribution in [0.5, 0.6) is 0 Å². The molecule has 122 valence electrons. The maximum Gasteiger partial charge on any atom is 0.317 e. The monoisotopic (exact) mass is 312 g/mol. The van der Waals surface area contributed by atoms with Crippen LogP contribution in [0.15, 0.2) is 18.2 Å². The van der Waals surface area contributed by atoms with Gasteiger partial charge in [-0.05, 0) is 38.8 Å². The molecule has 0 unspecified atom stereocenters. The third kappa shape index (κ3) is 3.74. The van der Waals surface area contributed by atoms with Crippen molar-refractivity contribution in [2.45, 2.75) is 37.7 Å². The molecule has 1 aliphatic carbocycles. The smallest absolute Gasteiger partial charge is 0.317 e. The van der Waals surface area contributed by atoms with E-state index in [0.29, 0.717) is 12.8 Å². The van der Waals surface area contributed by atoms with Crippen molar-refractivity contribution in [3.63, 3.8) is 0 Å². The molecule has 0 radical (unpaired) electrons. The van der Waals surface area contributed by atoms with Crippen LogP contribution < -0.4 is 5.32 Å². The molecule has 2 N–H and O–H groups in total. The normalized spacial score (nSPS) is 16.3. The van der Waals surface area contributed by atoms with Crippen LogP contribution in [0.2, 0.25) is 0 Å². The molecular weight excluding hydrogens is 290 g/mol. The van der Waals surface area contributed by atoms with Gasteiger partial charge >= 0.3 is 6.03 Å². The Balaban J connectivity index is 2.01. The van der Waals surface area contributed by atoms with E-state index < -0.39 is 22.7 Å². The van der Waals surface area contributed by atoms with Crippen molar-refractivity contribution >= 4 is 6.03 Å². The molecule has 0 aliphatic heterocycles. The summed E-state index contributed by atoms with van der Waals surface area (Å²) in [5, 5.41) is 12.4. The fraction of sp³-hybridized carbons (Fsp3) is 0.562. The Labute approximate surface area is 129 Å². The quantitative estimate of drug-likeness (QED) is 0.877. The van der Waals surface area contributed by atoms with Crippen molar-refractivity contribution in [3.05, 3.63) is 35.4 Å². The fourth-order valence-electron chi connectivity index (χ4n) is 2.70. The van der Waals surface area contributed by atoms with Crippen molar-refractivity contribution < 1.29 is 18.7 Å². The van der Waals surface area contributed by atoms with Crippen LogP contribution in [0, 0.1) is 11.6 Å². The number of urea groups is 1. The molecule has 1 aromatic carbocycles. The minimum atomic E-state index is -0.999. The van der Waals surface area contributed by atoms with Gasteiger partial charge in [0.1, 0.15) is 11.6 Å². The lowest BCUT2D eigenvalue weighted by Crippen LogP contribution is -2.46. The number of rotatable bonds is 5. The first-order chi connectivity index (χ1) is 10.1. The zero-order valence-electron chi connectivity index (χ0n) is 13.1. The molecule has 1 fully saturated rings. The Morgan fingerprint density at radius 1 is 1.36 bits per heavy atom. The molecule has 2 rings (SSSR count). The number of nitrogens with zero attached hydrogens (tertiary/aromatic N) is 1. The minimum absolute atomic E-state index is 0.0560. The van der Waals surface area contributed by atoms with Crippen LogP contribution in [0.4, 0.5) is 13.6 Å². The summed E-state index contributed by atoms with van der Waals surface area (Å²) in [5.41, 5.74) is -1.60. The zero-order valence-corrected chi connectivity index (χ0v) is 13.1. The van der Waals surface area contributed by atoms with Gasteiger partial charge in [0, 0.05) is 24.6 Å². The molecule has 0 aromatic heterocycles. The number of carbonyl (C=O) groups is 1. The van der Waals surface area contributed by atoms with Gasteiger partial charge in [-0.15, -0.1) is 0 Å². The standard InChI is InChI=1S/C16H22F2N2O2/c1-15(2,22)10-20(3)14(21)19-9-16(7-8-16)13-11(17)5-4-6-12(13)18/h4-6,22H,7-10H2,1-3H3,(H,19,21). The number of hydrogen-bond donors (Lipinski definition) is 2. The molecule has 22 heavy (non-hydrogen) atoms. The van der Waals surface area contributed by atoms with Crippen molar-refractivity contribution in [1.82, 2.24) is 10.2 Å². The van der Waals surface area contributed by atoms with E-state index in [9.17, 15) is 18.7 Å². The largest absolute Gasteiger partial charge is 0.389 e. The maximum atomic E-state index is 13.9. The molecule has 0 bridgehead atoms. The summed E-state index contributed by atoms with van der Waals surface area (Å²) in [6.45, 7) is 3.56. The Morgan fingerprint density at radius 2 is 1.91 bits per heavy atom. The first-order valence-corrected chi connectivity index (χ1v) is 7.30. The third-order valence-electron chi connectivity index (χ3n) is 3.90. The van der Waals surface area contributed by atoms with E-state index in [1.807, 2.05) is 0 Å². The van der Waals surface area contributed by atoms with Crippen LogP contribution >= 0.6 is 0 Å². The molecule has 0 spiro atoms. The topological polar surface area (TPSA) is 52.6 Å². The van der Waals surface area contributed by atoms with E-state index in [2.05, 4.69) is 5.32 Å². The van der Waals surface area contributed by atoms with E-state index >= 15 is 0 Å². The van der Waals surface area contributed by atoms with Gasteiger partial charge in [-0.25, -0.2) is 13.6 Å². The Kier molecular flexibility index (Phi) is 4.42. The maximum absolute atomic E-state index is 13.9. The van der Waals surface area contributed by atoms with Gasteiger partial charge in [0.05, 0.1) is 12.1 Å². The fourth-order valence-corrected chi connectivity index (χ4v) is 2.70. The number of aliphatic hydroxyl groups is 1. The van der Waals surface area contributed by atoms with E-state index in [4.69, 9.17) is 0 Å². The van der Waals surface area contributed by atoms with Gasteiger partial charge < -0.3 is 15.3 Å². The predicted molar refractivity (Wildman–Crippen MR) is 79.6 cm³/mol. The highest BCUT2D eigenvalue weighted by atomic mass is 19.1. The molecule has 2 amide bonds. The highest BCUT2D eigenvalue weighted by Gasteiger charge is 2.48. The predicted octanol–water partition coefficient (Wildman–Crippen LogP) is 2.41. The second kappa shape index (κ2) is 5.83. The first kappa shape index (κ1) is 16.7. The number of nitrogens with one attached hydrogen (secondary N) is 1. The van der Waals surface area contributed by atoms with Gasteiger partial charge in [0.15, 0.2) is 0 Å². The summed E-state index contributed by atoms with van der Waals surface area (Å²) in [6.07, 6.45) is 1.28. The van der Waals surface area contributed by atoms with E-state index in [0.717, 1.165) is 0 Å². The summed E-state index contributed by atoms with van der Waals surface area (Å²) in [7, 11) is 1.57. The lowest BCUT2D eigenvalue weighted by molar-refractivity contribution is 0.0531. The number of hydrogen-bond acceptors (Lipinski definition) is 2. The third-order valence-corrected chi connectivity index (χ3v) is 3.90. The number of benzene rings is 1. The summed E-state index contributed by atoms with van der Waals surface area (Å²) in [6, 6.07) is 3.44. The highest BCUT2D eigenvalue weighted by molar-refractivity contribution is 5.74. The second-order valence-electron chi connectivity index (χ2n) is 6.70. The van der Waals surface area contributed by atoms with Gasteiger partial charge in [-0.1, -0.05) is 6.07 Å². The molecule has 1 aromatic rings. The van der Waals surface area contributed by atoms with Gasteiger partial charge in [-0.3, -0.25) is 0 Å². The molecule has 0 atom stereocenters. The van der Waals surface area contributed by atoms with Gasteiger partial charge in [-0.2, -0.15) is 0 Å². The van der Waals surface area contributed by atoms with Crippen LogP contribution in [0.1, 0.15) is 32.3 Å². The van der Waals surface area contributed by atoms with E-state index in [1.54, 1.807) is 20.9 Å². The molecule has 0 saturated heterocycles. The van der Waals surface area contributed by atoms with E-state index in [1.165, 1.54) is 23.1 Å². The molecule has 1 saturated carbocycles. The van der Waals surface area contributed by atoms with Crippen LogP contribution in [-0.4, -0.2) is 41.8 Å². The van der Waals surface area contributed by atoms with Crippen molar-refractivity contribution in [2.75, 3.05) is 20.1 Å². The summed E-state index contributed by atoms with van der Waals surface area (Å²) < 4.78 is 27.8. The minimum Gasteiger partial charge on any atom is -0.389 e. The van der Waals surface area contributed by atoms with Crippen molar-refractivity contribution in [3.8, 4) is 0 Å². The van der Waals surface area contributed by atoms with Gasteiger partial charge in [0.2, 0.25) is 0 Å². The number of likely N-dealkylation sites (N-methyl/N-ethyl adjacent to an activating group) is 1. The average molecular weight is 312 g/mol. The Hall–Kier alpha value is -1.69. The summed E-state index contributed by atoms with van der Waals surface area (Å²) in [5.74, 6) is -1.15. The van der Waals surface area contributed by atoms with Crippen LogP contribution in [-0.2, 0) is 5.41 Å². The number of amides is 2. The first-order valence-electron chi connectivity index (χ1n) is 7.30. The number of carbonyl (C=O) groups excluding carboxylic acids is 1. The highest BCUT2D eigenvalue weighted by Crippen LogP contribution is 2.49. The lowest BCUT2D eigenvalue weighted by Gasteiger charge is -2.27. The van der Waals surface area contributed by atoms with E-state index in [-0.39, 0.29) is 24.7 Å². The molecular formula is C16H22F2N2O2. The average Bonchev–Trinajstić information content (AvgIpc) is 3.14. The second-order valence-corrected chi connectivity index (χ2v) is 6.70. The van der Waals surface area contributed by atoms with Crippen molar-refractivity contribution in [1.29, 1.82) is 0 Å². The molecule has 4 nitrogen and oxygen atoms in total. The zero-order chi connectivity index (χ0) is 16.5. The molecule has 1 aliphatic rings. The lowest BCUT2D eigenvalue weighted by atomic mass is 9.94. The number of halogens is 2. The summed E-state index contributed by atoms with van der Waals surface area (Å²) >= 11 is 0. The van der Waals surface area contributed by atoms with Gasteiger partial charge in [0.25, 0.3) is 0 Å². The molecule has 6 heteroatoms. The Bertz CT molecular complexity index is 546. The van der Waals surface area contributed by atoms with Crippen LogP contribution in [0.3, 0.4) is 0 Å². The summed E-state index contributed by atoms with van der Waals surface area (Å²) in [4.78, 5) is 13.4. The van der Waals surface area contributed by atoms with Crippen molar-refractivity contribution in [2.24, 2.45) is 0 Å². The van der Waals surface area contributed by atoms with Crippen LogP contribution in [0.25, 0.3) is 0 Å². The SMILES string of the molecule is CN(CC(C)(C)O)C(=O)NCC1(c2c(F)cccc2F)CC1. The Morgan fingerprint density at radius 3 is 2.36 bits per heavy atom.